The first-order valence-electron chi connectivity index (χ1n) is 9.83. The lowest BCUT2D eigenvalue weighted by molar-refractivity contribution is -0.117. The van der Waals surface area contributed by atoms with E-state index >= 15 is 0 Å². The molecule has 8 heteroatoms. The SMILES string of the molecule is CCc1ccccc1Nc1nc(N)nc(CN(C)CC(=O)Nc2ccc(C)cc2)n1. The third kappa shape index (κ3) is 5.99. The smallest absolute Gasteiger partial charge is 0.238 e. The highest BCUT2D eigenvalue weighted by atomic mass is 16.2. The molecule has 0 aliphatic carbocycles. The molecule has 0 bridgehead atoms. The van der Waals surface area contributed by atoms with Crippen LogP contribution in [0.4, 0.5) is 23.3 Å². The van der Waals surface area contributed by atoms with E-state index in [2.05, 4.69) is 32.5 Å². The van der Waals surface area contributed by atoms with Gasteiger partial charge in [-0.15, -0.1) is 0 Å². The Balaban J connectivity index is 1.63. The second-order valence-corrected chi connectivity index (χ2v) is 7.16. The average molecular weight is 406 g/mol. The van der Waals surface area contributed by atoms with Crippen molar-refractivity contribution in [3.63, 3.8) is 0 Å². The molecule has 8 nitrogen and oxygen atoms in total. The summed E-state index contributed by atoms with van der Waals surface area (Å²) in [6.07, 6.45) is 0.884. The van der Waals surface area contributed by atoms with Gasteiger partial charge in [0, 0.05) is 11.4 Å². The van der Waals surface area contributed by atoms with Gasteiger partial charge in [0.15, 0.2) is 0 Å². The lowest BCUT2D eigenvalue weighted by Gasteiger charge is -2.16. The number of nitrogen functional groups attached to an aromatic ring is 1. The lowest BCUT2D eigenvalue weighted by atomic mass is 10.1. The van der Waals surface area contributed by atoms with Crippen molar-refractivity contribution >= 4 is 29.2 Å². The normalized spacial score (nSPS) is 10.8. The molecule has 0 radical (unpaired) electrons. The van der Waals surface area contributed by atoms with Crippen LogP contribution in [0.25, 0.3) is 0 Å². The first-order chi connectivity index (χ1) is 14.4. The van der Waals surface area contributed by atoms with Crippen LogP contribution < -0.4 is 16.4 Å². The number of hydrogen-bond acceptors (Lipinski definition) is 7. The molecule has 3 rings (SSSR count). The summed E-state index contributed by atoms with van der Waals surface area (Å²) < 4.78 is 0. The van der Waals surface area contributed by atoms with E-state index < -0.39 is 0 Å². The standard InChI is InChI=1S/C22H27N7O/c1-4-16-7-5-6-8-18(16)25-22-27-19(26-21(23)28-22)13-29(3)14-20(30)24-17-11-9-15(2)10-12-17/h5-12H,4,13-14H2,1-3H3,(H,24,30)(H3,23,25,26,27,28). The maximum atomic E-state index is 12.3. The minimum Gasteiger partial charge on any atom is -0.368 e. The zero-order valence-electron chi connectivity index (χ0n) is 17.5. The fraction of sp³-hybridized carbons (Fsp3) is 0.273. The molecule has 30 heavy (non-hydrogen) atoms. The topological polar surface area (TPSA) is 109 Å². The van der Waals surface area contributed by atoms with Gasteiger partial charge in [0.2, 0.25) is 17.8 Å². The first-order valence-corrected chi connectivity index (χ1v) is 9.83. The summed E-state index contributed by atoms with van der Waals surface area (Å²) in [6.45, 7) is 4.65. The van der Waals surface area contributed by atoms with Crippen molar-refractivity contribution in [1.29, 1.82) is 0 Å². The molecular weight excluding hydrogens is 378 g/mol. The Bertz CT molecular complexity index is 1000. The van der Waals surface area contributed by atoms with Crippen molar-refractivity contribution in [3.8, 4) is 0 Å². The summed E-state index contributed by atoms with van der Waals surface area (Å²) in [5.41, 5.74) is 9.87. The van der Waals surface area contributed by atoms with Gasteiger partial charge in [-0.25, -0.2) is 0 Å². The van der Waals surface area contributed by atoms with Crippen molar-refractivity contribution in [1.82, 2.24) is 19.9 Å². The summed E-state index contributed by atoms with van der Waals surface area (Å²) in [6, 6.07) is 15.6. The molecule has 0 fully saturated rings. The molecule has 156 valence electrons. The molecule has 0 saturated heterocycles. The summed E-state index contributed by atoms with van der Waals surface area (Å²) in [4.78, 5) is 27.0. The molecule has 2 aromatic carbocycles. The van der Waals surface area contributed by atoms with Gasteiger partial charge in [-0.2, -0.15) is 15.0 Å². The van der Waals surface area contributed by atoms with Crippen molar-refractivity contribution in [2.45, 2.75) is 26.8 Å². The van der Waals surface area contributed by atoms with Gasteiger partial charge in [0.05, 0.1) is 13.1 Å². The minimum absolute atomic E-state index is 0.112. The highest BCUT2D eigenvalue weighted by molar-refractivity contribution is 5.92. The number of aromatic nitrogens is 3. The van der Waals surface area contributed by atoms with Crippen molar-refractivity contribution in [2.24, 2.45) is 0 Å². The summed E-state index contributed by atoms with van der Waals surface area (Å²) >= 11 is 0. The number of likely N-dealkylation sites (N-methyl/N-ethyl adjacent to an activating group) is 1. The summed E-state index contributed by atoms with van der Waals surface area (Å²) in [5.74, 6) is 0.896. The molecule has 4 N–H and O–H groups in total. The Morgan fingerprint density at radius 1 is 1.07 bits per heavy atom. The molecule has 0 atom stereocenters. The van der Waals surface area contributed by atoms with E-state index in [-0.39, 0.29) is 18.4 Å². The third-order valence-corrected chi connectivity index (χ3v) is 4.50. The number of carbonyl (C=O) groups excluding carboxylic acids is 1. The van der Waals surface area contributed by atoms with Crippen molar-refractivity contribution in [2.75, 3.05) is 30.0 Å². The Kier molecular flexibility index (Phi) is 6.92. The number of aryl methyl sites for hydroxylation is 2. The first kappa shape index (κ1) is 21.2. The second-order valence-electron chi connectivity index (χ2n) is 7.16. The third-order valence-electron chi connectivity index (χ3n) is 4.50. The second kappa shape index (κ2) is 9.80. The monoisotopic (exact) mass is 405 g/mol. The number of carbonyl (C=O) groups is 1. The Morgan fingerprint density at radius 3 is 2.53 bits per heavy atom. The Morgan fingerprint density at radius 2 is 1.80 bits per heavy atom. The molecule has 0 aliphatic heterocycles. The Labute approximate surface area is 176 Å². The zero-order valence-corrected chi connectivity index (χ0v) is 17.5. The van der Waals surface area contributed by atoms with E-state index in [1.807, 2.05) is 67.4 Å². The summed E-state index contributed by atoms with van der Waals surface area (Å²) in [7, 11) is 1.83. The van der Waals surface area contributed by atoms with Gasteiger partial charge < -0.3 is 16.4 Å². The number of benzene rings is 2. The lowest BCUT2D eigenvalue weighted by Crippen LogP contribution is -2.30. The minimum atomic E-state index is -0.112. The predicted octanol–water partition coefficient (Wildman–Crippen LogP) is 3.14. The summed E-state index contributed by atoms with van der Waals surface area (Å²) in [5, 5.41) is 6.10. The highest BCUT2D eigenvalue weighted by Gasteiger charge is 2.12. The van der Waals surface area contributed by atoms with Crippen LogP contribution in [0.15, 0.2) is 48.5 Å². The number of nitrogens with zero attached hydrogens (tertiary/aromatic N) is 4. The van der Waals surface area contributed by atoms with Gasteiger partial charge in [-0.1, -0.05) is 42.8 Å². The van der Waals surface area contributed by atoms with Crippen LogP contribution in [0.2, 0.25) is 0 Å². The average Bonchev–Trinajstić information content (AvgIpc) is 2.69. The van der Waals surface area contributed by atoms with Crippen LogP contribution in [0.3, 0.4) is 0 Å². The van der Waals surface area contributed by atoms with E-state index in [1.54, 1.807) is 0 Å². The molecule has 0 unspecified atom stereocenters. The van der Waals surface area contributed by atoms with E-state index in [9.17, 15) is 4.79 Å². The van der Waals surface area contributed by atoms with Crippen molar-refractivity contribution < 1.29 is 4.79 Å². The molecule has 1 heterocycles. The fourth-order valence-corrected chi connectivity index (χ4v) is 3.02. The van der Waals surface area contributed by atoms with Gasteiger partial charge in [-0.05, 0) is 44.2 Å². The van der Waals surface area contributed by atoms with Crippen LogP contribution in [-0.4, -0.2) is 39.4 Å². The van der Waals surface area contributed by atoms with E-state index in [4.69, 9.17) is 5.73 Å². The van der Waals surface area contributed by atoms with E-state index in [1.165, 1.54) is 0 Å². The van der Waals surface area contributed by atoms with Crippen LogP contribution in [0.5, 0.6) is 0 Å². The zero-order chi connectivity index (χ0) is 21.5. The quantitative estimate of drug-likeness (QED) is 0.528. The van der Waals surface area contributed by atoms with Crippen LogP contribution in [0.1, 0.15) is 23.9 Å². The van der Waals surface area contributed by atoms with Gasteiger partial charge in [0.1, 0.15) is 5.82 Å². The number of nitrogens with two attached hydrogens (primary N) is 1. The van der Waals surface area contributed by atoms with E-state index in [0.717, 1.165) is 28.9 Å². The number of rotatable bonds is 8. The number of para-hydroxylation sites is 1. The van der Waals surface area contributed by atoms with Gasteiger partial charge >= 0.3 is 0 Å². The van der Waals surface area contributed by atoms with E-state index in [0.29, 0.717) is 18.3 Å². The molecule has 0 aliphatic rings. The molecular formula is C22H27N7O. The van der Waals surface area contributed by atoms with Crippen LogP contribution >= 0.6 is 0 Å². The fourth-order valence-electron chi connectivity index (χ4n) is 3.02. The molecule has 1 aromatic heterocycles. The predicted molar refractivity (Wildman–Crippen MR) is 119 cm³/mol. The Hall–Kier alpha value is -3.52. The number of hydrogen-bond donors (Lipinski definition) is 3. The molecule has 0 spiro atoms. The van der Waals surface area contributed by atoms with Gasteiger partial charge in [-0.3, -0.25) is 9.69 Å². The number of nitrogens with one attached hydrogen (secondary N) is 2. The maximum Gasteiger partial charge on any atom is 0.238 e. The largest absolute Gasteiger partial charge is 0.368 e. The number of anilines is 4. The van der Waals surface area contributed by atoms with Crippen molar-refractivity contribution in [3.05, 3.63) is 65.5 Å². The highest BCUT2D eigenvalue weighted by Crippen LogP contribution is 2.19. The van der Waals surface area contributed by atoms with Crippen LogP contribution in [-0.2, 0) is 17.8 Å². The maximum absolute atomic E-state index is 12.3. The molecule has 3 aromatic rings. The molecule has 0 saturated carbocycles. The van der Waals surface area contributed by atoms with Gasteiger partial charge in [0.25, 0.3) is 0 Å². The molecule has 1 amide bonds. The van der Waals surface area contributed by atoms with Crippen LogP contribution in [0, 0.1) is 6.92 Å². The number of amides is 1.